The molecule has 0 amide bonds. The van der Waals surface area contributed by atoms with Gasteiger partial charge in [0, 0.05) is 37.3 Å². The van der Waals surface area contributed by atoms with E-state index in [0.29, 0.717) is 5.82 Å². The van der Waals surface area contributed by atoms with Crippen LogP contribution in [0.25, 0.3) is 0 Å². The number of anilines is 2. The average molecular weight is 388 g/mol. The van der Waals surface area contributed by atoms with Gasteiger partial charge in [0.25, 0.3) is 0 Å². The molecule has 1 aliphatic rings. The summed E-state index contributed by atoms with van der Waals surface area (Å²) in [5, 5.41) is 3.34. The summed E-state index contributed by atoms with van der Waals surface area (Å²) in [4.78, 5) is 6.90. The molecule has 0 bridgehead atoms. The summed E-state index contributed by atoms with van der Waals surface area (Å²) in [5.74, 6) is 0.466. The molecule has 3 rings (SSSR count). The minimum atomic E-state index is -3.29. The van der Waals surface area contributed by atoms with E-state index in [2.05, 4.69) is 60.2 Å². The predicted octanol–water partition coefficient (Wildman–Crippen LogP) is 3.86. The van der Waals surface area contributed by atoms with Crippen LogP contribution in [0.2, 0.25) is 0 Å². The second-order valence-corrected chi connectivity index (χ2v) is 10.3. The average Bonchev–Trinajstić information content (AvgIpc) is 2.61. The van der Waals surface area contributed by atoms with Crippen molar-refractivity contribution in [1.82, 2.24) is 4.98 Å². The number of pyridine rings is 1. The number of benzene rings is 1. The predicted molar refractivity (Wildman–Crippen MR) is 111 cm³/mol. The highest BCUT2D eigenvalue weighted by molar-refractivity contribution is 7.90. The summed E-state index contributed by atoms with van der Waals surface area (Å²) >= 11 is 0. The minimum Gasteiger partial charge on any atom is -0.371 e. The van der Waals surface area contributed by atoms with Crippen LogP contribution in [0.3, 0.4) is 0 Å². The van der Waals surface area contributed by atoms with Crippen molar-refractivity contribution in [1.29, 1.82) is 0 Å². The first-order valence-electron chi connectivity index (χ1n) is 9.42. The van der Waals surface area contributed by atoms with Crippen molar-refractivity contribution in [2.75, 3.05) is 29.6 Å². The van der Waals surface area contributed by atoms with Crippen LogP contribution in [0.1, 0.15) is 39.2 Å². The van der Waals surface area contributed by atoms with Crippen LogP contribution >= 0.6 is 0 Å². The Hall–Kier alpha value is -2.08. The van der Waals surface area contributed by atoms with Gasteiger partial charge in [0.1, 0.15) is 10.7 Å². The van der Waals surface area contributed by atoms with Crippen molar-refractivity contribution in [2.24, 2.45) is 0 Å². The molecule has 1 aromatic heterocycles. The van der Waals surface area contributed by atoms with Gasteiger partial charge in [-0.15, -0.1) is 0 Å². The first-order chi connectivity index (χ1) is 12.6. The van der Waals surface area contributed by atoms with Crippen molar-refractivity contribution >= 4 is 21.3 Å². The lowest BCUT2D eigenvalue weighted by Crippen LogP contribution is -2.39. The lowest BCUT2D eigenvalue weighted by molar-refractivity contribution is 0.524. The monoisotopic (exact) mass is 387 g/mol. The lowest BCUT2D eigenvalue weighted by Gasteiger charge is -2.34. The Morgan fingerprint density at radius 2 is 1.70 bits per heavy atom. The molecule has 0 saturated carbocycles. The van der Waals surface area contributed by atoms with Gasteiger partial charge in [0.2, 0.25) is 0 Å². The molecule has 27 heavy (non-hydrogen) atoms. The Morgan fingerprint density at radius 3 is 2.26 bits per heavy atom. The molecule has 1 aliphatic heterocycles. The van der Waals surface area contributed by atoms with E-state index in [0.717, 1.165) is 25.9 Å². The molecule has 0 unspecified atom stereocenters. The molecule has 1 fully saturated rings. The molecule has 2 aromatic rings. The molecule has 0 radical (unpaired) electrons. The van der Waals surface area contributed by atoms with Gasteiger partial charge >= 0.3 is 0 Å². The van der Waals surface area contributed by atoms with Gasteiger partial charge in [-0.25, -0.2) is 13.4 Å². The topological polar surface area (TPSA) is 62.3 Å². The van der Waals surface area contributed by atoms with Crippen LogP contribution in [0.4, 0.5) is 11.5 Å². The van der Waals surface area contributed by atoms with Gasteiger partial charge in [-0.3, -0.25) is 0 Å². The molecule has 0 aliphatic carbocycles. The second-order valence-electron chi connectivity index (χ2n) is 8.32. The number of nitrogens with zero attached hydrogens (tertiary/aromatic N) is 2. The number of hydrogen-bond donors (Lipinski definition) is 1. The zero-order chi connectivity index (χ0) is 19.7. The molecular formula is C21H29N3O2S. The fourth-order valence-corrected chi connectivity index (χ4v) is 4.23. The maximum absolute atomic E-state index is 11.9. The van der Waals surface area contributed by atoms with E-state index in [4.69, 9.17) is 0 Å². The minimum absolute atomic E-state index is 0.162. The SMILES string of the molecule is CC(C)(C)c1ccc(N2CCC(Nc3ncccc3S(C)(=O)=O)CC2)cc1. The third-order valence-corrected chi connectivity index (χ3v) is 6.23. The number of nitrogens with one attached hydrogen (secondary N) is 1. The number of rotatable bonds is 4. The molecular weight excluding hydrogens is 358 g/mol. The Bertz CT molecular complexity index is 878. The van der Waals surface area contributed by atoms with Crippen LogP contribution in [0.5, 0.6) is 0 Å². The number of hydrogen-bond acceptors (Lipinski definition) is 5. The molecule has 2 heterocycles. The zero-order valence-electron chi connectivity index (χ0n) is 16.6. The smallest absolute Gasteiger partial charge is 0.179 e. The van der Waals surface area contributed by atoms with Crippen LogP contribution in [-0.2, 0) is 15.3 Å². The van der Waals surface area contributed by atoms with Gasteiger partial charge in [0.05, 0.1) is 0 Å². The zero-order valence-corrected chi connectivity index (χ0v) is 17.4. The fraction of sp³-hybridized carbons (Fsp3) is 0.476. The maximum atomic E-state index is 11.9. The van der Waals surface area contributed by atoms with E-state index in [1.165, 1.54) is 17.5 Å². The Balaban J connectivity index is 1.63. The van der Waals surface area contributed by atoms with Gasteiger partial charge in [-0.2, -0.15) is 0 Å². The summed E-state index contributed by atoms with van der Waals surface area (Å²) in [5.41, 5.74) is 2.75. The van der Waals surface area contributed by atoms with E-state index in [1.807, 2.05) is 0 Å². The van der Waals surface area contributed by atoms with E-state index < -0.39 is 9.84 Å². The summed E-state index contributed by atoms with van der Waals surface area (Å²) in [6, 6.07) is 12.3. The number of piperidine rings is 1. The molecule has 5 nitrogen and oxygen atoms in total. The fourth-order valence-electron chi connectivity index (χ4n) is 3.45. The summed E-state index contributed by atoms with van der Waals surface area (Å²) in [6.07, 6.45) is 4.74. The molecule has 1 saturated heterocycles. The van der Waals surface area contributed by atoms with Crippen LogP contribution < -0.4 is 10.2 Å². The van der Waals surface area contributed by atoms with Gasteiger partial charge in [-0.1, -0.05) is 32.9 Å². The number of sulfone groups is 1. The van der Waals surface area contributed by atoms with E-state index >= 15 is 0 Å². The Kier molecular flexibility index (Phi) is 5.47. The van der Waals surface area contributed by atoms with Crippen molar-refractivity contribution in [3.05, 3.63) is 48.2 Å². The number of aromatic nitrogens is 1. The highest BCUT2D eigenvalue weighted by Gasteiger charge is 2.23. The molecule has 0 spiro atoms. The highest BCUT2D eigenvalue weighted by atomic mass is 32.2. The third-order valence-electron chi connectivity index (χ3n) is 5.10. The first kappa shape index (κ1) is 19.7. The van der Waals surface area contributed by atoms with Crippen LogP contribution in [0.15, 0.2) is 47.5 Å². The summed E-state index contributed by atoms with van der Waals surface area (Å²) < 4.78 is 23.9. The van der Waals surface area contributed by atoms with Crippen molar-refractivity contribution in [2.45, 2.75) is 50.0 Å². The molecule has 6 heteroatoms. The normalized spacial score (nSPS) is 16.4. The summed E-state index contributed by atoms with van der Waals surface area (Å²) in [6.45, 7) is 8.55. The summed E-state index contributed by atoms with van der Waals surface area (Å²) in [7, 11) is -3.29. The maximum Gasteiger partial charge on any atom is 0.179 e. The standard InChI is InChI=1S/C21H29N3O2S/c1-21(2,3)16-7-9-18(10-8-16)24-14-11-17(12-15-24)23-20-19(27(4,25)26)6-5-13-22-20/h5-10,13,17H,11-12,14-15H2,1-4H3,(H,22,23). The lowest BCUT2D eigenvalue weighted by atomic mass is 9.87. The molecule has 0 atom stereocenters. The van der Waals surface area contributed by atoms with Crippen molar-refractivity contribution < 1.29 is 8.42 Å². The molecule has 1 aromatic carbocycles. The Morgan fingerprint density at radius 1 is 1.07 bits per heavy atom. The Labute approximate surface area is 162 Å². The highest BCUT2D eigenvalue weighted by Crippen LogP contribution is 2.27. The first-order valence-corrected chi connectivity index (χ1v) is 11.3. The third kappa shape index (κ3) is 4.80. The van der Waals surface area contributed by atoms with E-state index in [1.54, 1.807) is 18.3 Å². The molecule has 1 N–H and O–H groups in total. The van der Waals surface area contributed by atoms with E-state index in [-0.39, 0.29) is 16.4 Å². The molecule has 146 valence electrons. The van der Waals surface area contributed by atoms with Crippen LogP contribution in [-0.4, -0.2) is 38.8 Å². The largest absolute Gasteiger partial charge is 0.371 e. The van der Waals surface area contributed by atoms with Gasteiger partial charge < -0.3 is 10.2 Å². The van der Waals surface area contributed by atoms with Gasteiger partial charge in [-0.05, 0) is 48.1 Å². The quantitative estimate of drug-likeness (QED) is 0.863. The van der Waals surface area contributed by atoms with Crippen LogP contribution in [0, 0.1) is 0 Å². The van der Waals surface area contributed by atoms with Crippen molar-refractivity contribution in [3.63, 3.8) is 0 Å². The van der Waals surface area contributed by atoms with Gasteiger partial charge in [0.15, 0.2) is 9.84 Å². The second kappa shape index (κ2) is 7.50. The van der Waals surface area contributed by atoms with E-state index in [9.17, 15) is 8.42 Å². The van der Waals surface area contributed by atoms with Crippen molar-refractivity contribution in [3.8, 4) is 0 Å².